The van der Waals surface area contributed by atoms with Crippen molar-refractivity contribution >= 4 is 17.7 Å². The zero-order valence-electron chi connectivity index (χ0n) is 9.67. The van der Waals surface area contributed by atoms with Gasteiger partial charge < -0.3 is 15.2 Å². The average molecular weight is 298 g/mol. The van der Waals surface area contributed by atoms with Gasteiger partial charge in [-0.3, -0.25) is 0 Å². The maximum absolute atomic E-state index is 13.2. The van der Waals surface area contributed by atoms with Gasteiger partial charge in [0, 0.05) is 5.56 Å². The summed E-state index contributed by atoms with van der Waals surface area (Å²) in [6.07, 6.45) is -1.30. The van der Waals surface area contributed by atoms with Gasteiger partial charge in [0.05, 0.1) is 5.88 Å². The van der Waals surface area contributed by atoms with Crippen molar-refractivity contribution in [2.75, 3.05) is 13.2 Å². The third-order valence-electron chi connectivity index (χ3n) is 2.03. The highest BCUT2D eigenvalue weighted by Gasteiger charge is 2.32. The van der Waals surface area contributed by atoms with Gasteiger partial charge in [0.25, 0.3) is 0 Å². The lowest BCUT2D eigenvalue weighted by atomic mass is 10.2. The Labute approximate surface area is 112 Å². The van der Waals surface area contributed by atoms with Gasteiger partial charge in [0.15, 0.2) is 13.2 Å². The highest BCUT2D eigenvalue weighted by molar-refractivity contribution is 6.17. The van der Waals surface area contributed by atoms with Crippen molar-refractivity contribution in [2.45, 2.75) is 11.8 Å². The Morgan fingerprint density at radius 3 is 2.63 bits per heavy atom. The summed E-state index contributed by atoms with van der Waals surface area (Å²) in [5.41, 5.74) is 4.82. The number of carbonyl (C=O) groups excluding carboxylic acids is 1. The van der Waals surface area contributed by atoms with Crippen molar-refractivity contribution in [3.05, 3.63) is 29.6 Å². The van der Waals surface area contributed by atoms with E-state index < -0.39 is 31.0 Å². The molecule has 0 bridgehead atoms. The number of primary amides is 1. The van der Waals surface area contributed by atoms with Crippen molar-refractivity contribution in [1.29, 1.82) is 0 Å². The maximum atomic E-state index is 13.2. The number of halogens is 4. The van der Waals surface area contributed by atoms with E-state index in [4.69, 9.17) is 16.3 Å². The summed E-state index contributed by atoms with van der Waals surface area (Å²) >= 11 is 5.54. The van der Waals surface area contributed by atoms with Gasteiger partial charge in [-0.2, -0.15) is 8.78 Å². The topological polar surface area (TPSA) is 61.6 Å². The molecule has 1 aromatic rings. The van der Waals surface area contributed by atoms with Crippen LogP contribution in [0.25, 0.3) is 0 Å². The second kappa shape index (κ2) is 6.51. The fraction of sp³-hybridized carbons (Fsp3) is 0.364. The molecule has 1 aromatic carbocycles. The fourth-order valence-corrected chi connectivity index (χ4v) is 1.40. The highest BCUT2D eigenvalue weighted by Crippen LogP contribution is 2.24. The molecule has 19 heavy (non-hydrogen) atoms. The first-order chi connectivity index (χ1) is 8.84. The van der Waals surface area contributed by atoms with Crippen LogP contribution in [0.5, 0.6) is 5.75 Å². The molecule has 2 N–H and O–H groups in total. The third kappa shape index (κ3) is 5.25. The van der Waals surface area contributed by atoms with Crippen LogP contribution in [0.1, 0.15) is 5.56 Å². The molecule has 0 aliphatic carbocycles. The molecule has 0 aromatic heterocycles. The lowest BCUT2D eigenvalue weighted by Crippen LogP contribution is -2.33. The Hall–Kier alpha value is -1.63. The van der Waals surface area contributed by atoms with Crippen molar-refractivity contribution in [1.82, 2.24) is 0 Å². The van der Waals surface area contributed by atoms with E-state index in [1.54, 1.807) is 0 Å². The molecule has 8 heteroatoms. The van der Waals surface area contributed by atoms with Gasteiger partial charge in [-0.1, -0.05) is 0 Å². The molecule has 0 radical (unpaired) electrons. The van der Waals surface area contributed by atoms with E-state index in [2.05, 4.69) is 10.5 Å². The van der Waals surface area contributed by atoms with Gasteiger partial charge in [0.1, 0.15) is 11.6 Å². The number of nitrogens with two attached hydrogens (primary N) is 1. The molecule has 0 heterocycles. The van der Waals surface area contributed by atoms with Gasteiger partial charge >= 0.3 is 12.0 Å². The number of amides is 1. The van der Waals surface area contributed by atoms with Gasteiger partial charge in [-0.15, -0.1) is 11.6 Å². The summed E-state index contributed by atoms with van der Waals surface area (Å²) in [5, 5.41) is 0. The van der Waals surface area contributed by atoms with Crippen molar-refractivity contribution < 1.29 is 27.4 Å². The molecule has 0 saturated carbocycles. The first-order valence-electron chi connectivity index (χ1n) is 5.11. The van der Waals surface area contributed by atoms with Crippen LogP contribution < -0.4 is 10.5 Å². The molecule has 0 spiro atoms. The fourth-order valence-electron chi connectivity index (χ4n) is 1.19. The molecule has 0 aliphatic heterocycles. The molecule has 0 atom stereocenters. The number of rotatable bonds is 6. The number of alkyl halides is 3. The Balaban J connectivity index is 2.63. The predicted octanol–water partition coefficient (Wildman–Crippen LogP) is 2.67. The molecule has 4 nitrogen and oxygen atoms in total. The Morgan fingerprint density at radius 2 is 2.05 bits per heavy atom. The zero-order chi connectivity index (χ0) is 14.5. The molecule has 0 fully saturated rings. The standard InChI is InChI=1S/C11H11ClF3NO3/c12-4-7-3-8(13)1-2-9(7)18-5-11(14,15)6-19-10(16)17/h1-3H,4-6H2,(H2,16,17). The Morgan fingerprint density at radius 1 is 1.37 bits per heavy atom. The largest absolute Gasteiger partial charge is 0.487 e. The summed E-state index contributed by atoms with van der Waals surface area (Å²) in [6, 6.07) is 3.34. The van der Waals surface area contributed by atoms with Crippen molar-refractivity contribution in [3.8, 4) is 5.75 Å². The normalized spacial score (nSPS) is 11.2. The highest BCUT2D eigenvalue weighted by atomic mass is 35.5. The van der Waals surface area contributed by atoms with E-state index in [9.17, 15) is 18.0 Å². The van der Waals surface area contributed by atoms with E-state index in [1.165, 1.54) is 6.07 Å². The number of hydrogen-bond acceptors (Lipinski definition) is 3. The SMILES string of the molecule is NC(=O)OCC(F)(F)COc1ccc(F)cc1CCl. The van der Waals surface area contributed by atoms with E-state index in [1.807, 2.05) is 0 Å². The van der Waals surface area contributed by atoms with E-state index in [0.29, 0.717) is 0 Å². The predicted molar refractivity (Wildman–Crippen MR) is 61.9 cm³/mol. The van der Waals surface area contributed by atoms with E-state index in [0.717, 1.165) is 12.1 Å². The smallest absolute Gasteiger partial charge is 0.404 e. The van der Waals surface area contributed by atoms with Crippen LogP contribution in [0.15, 0.2) is 18.2 Å². The summed E-state index contributed by atoms with van der Waals surface area (Å²) in [7, 11) is 0. The lowest BCUT2D eigenvalue weighted by Gasteiger charge is -2.17. The first-order valence-corrected chi connectivity index (χ1v) is 5.65. The summed E-state index contributed by atoms with van der Waals surface area (Å²) in [5.74, 6) is -4.01. The molecule has 106 valence electrons. The number of ether oxygens (including phenoxy) is 2. The van der Waals surface area contributed by atoms with Crippen molar-refractivity contribution in [3.63, 3.8) is 0 Å². The Bertz CT molecular complexity index is 457. The van der Waals surface area contributed by atoms with Gasteiger partial charge in [-0.25, -0.2) is 9.18 Å². The maximum Gasteiger partial charge on any atom is 0.404 e. The molecule has 1 amide bonds. The van der Waals surface area contributed by atoms with Crippen LogP contribution >= 0.6 is 11.6 Å². The van der Waals surface area contributed by atoms with E-state index >= 15 is 0 Å². The quantitative estimate of drug-likeness (QED) is 0.821. The monoisotopic (exact) mass is 297 g/mol. The van der Waals surface area contributed by atoms with Gasteiger partial charge in [0.2, 0.25) is 0 Å². The molecule has 0 saturated heterocycles. The summed E-state index contributed by atoms with van der Waals surface area (Å²) < 4.78 is 48.2. The molecule has 0 aliphatic rings. The second-order valence-corrected chi connectivity index (χ2v) is 3.91. The minimum absolute atomic E-state index is 0.0372. The van der Waals surface area contributed by atoms with Crippen LogP contribution in [-0.4, -0.2) is 25.2 Å². The van der Waals surface area contributed by atoms with Crippen LogP contribution in [0.3, 0.4) is 0 Å². The minimum Gasteiger partial charge on any atom is -0.487 e. The second-order valence-electron chi connectivity index (χ2n) is 3.64. The number of hydrogen-bond donors (Lipinski definition) is 1. The molecular weight excluding hydrogens is 287 g/mol. The minimum atomic E-state index is -3.41. The van der Waals surface area contributed by atoms with E-state index in [-0.39, 0.29) is 17.2 Å². The summed E-state index contributed by atoms with van der Waals surface area (Å²) in [6.45, 7) is -2.24. The molecular formula is C11H11ClF3NO3. The van der Waals surface area contributed by atoms with Crippen LogP contribution in [-0.2, 0) is 10.6 Å². The molecule has 1 rings (SSSR count). The Kier molecular flexibility index (Phi) is 5.29. The van der Waals surface area contributed by atoms with Crippen LogP contribution in [0, 0.1) is 5.82 Å². The lowest BCUT2D eigenvalue weighted by molar-refractivity contribution is -0.0820. The van der Waals surface area contributed by atoms with Crippen molar-refractivity contribution in [2.24, 2.45) is 5.73 Å². The van der Waals surface area contributed by atoms with Gasteiger partial charge in [-0.05, 0) is 18.2 Å². The average Bonchev–Trinajstić information content (AvgIpc) is 2.35. The van der Waals surface area contributed by atoms with Crippen LogP contribution in [0.2, 0.25) is 0 Å². The zero-order valence-corrected chi connectivity index (χ0v) is 10.4. The summed E-state index contributed by atoms with van der Waals surface area (Å²) in [4.78, 5) is 10.2. The first kappa shape index (κ1) is 15.4. The molecule has 0 unspecified atom stereocenters. The van der Waals surface area contributed by atoms with Crippen LogP contribution in [0.4, 0.5) is 18.0 Å². The number of benzene rings is 1. The third-order valence-corrected chi connectivity index (χ3v) is 2.32. The number of carbonyl (C=O) groups is 1.